The highest BCUT2D eigenvalue weighted by molar-refractivity contribution is 5.94. The summed E-state index contributed by atoms with van der Waals surface area (Å²) in [5.41, 5.74) is 1.44. The van der Waals surface area contributed by atoms with E-state index in [1.54, 1.807) is 7.05 Å². The van der Waals surface area contributed by atoms with Gasteiger partial charge in [-0.05, 0) is 50.6 Å². The lowest BCUT2D eigenvalue weighted by atomic mass is 10.1. The molecule has 6 nitrogen and oxygen atoms in total. The van der Waals surface area contributed by atoms with Crippen LogP contribution in [-0.2, 0) is 13.1 Å². The summed E-state index contributed by atoms with van der Waals surface area (Å²) in [6.07, 6.45) is 4.07. The number of hydrogen-bond acceptors (Lipinski definition) is 2. The second-order valence-corrected chi connectivity index (χ2v) is 7.18. The Labute approximate surface area is 155 Å². The molecule has 0 aliphatic heterocycles. The molecule has 3 N–H and O–H groups in total. The molecule has 140 valence electrons. The van der Waals surface area contributed by atoms with Crippen molar-refractivity contribution in [2.75, 3.05) is 13.6 Å². The average Bonchev–Trinajstić information content (AvgIpc) is 3.10. The van der Waals surface area contributed by atoms with Crippen molar-refractivity contribution in [1.82, 2.24) is 20.5 Å². The molecule has 26 heavy (non-hydrogen) atoms. The lowest BCUT2D eigenvalue weighted by Gasteiger charge is -2.20. The van der Waals surface area contributed by atoms with Crippen molar-refractivity contribution in [3.05, 3.63) is 59.9 Å². The van der Waals surface area contributed by atoms with Crippen molar-refractivity contribution in [3.8, 4) is 0 Å². The minimum absolute atomic E-state index is 0.0615. The van der Waals surface area contributed by atoms with E-state index in [4.69, 9.17) is 0 Å². The Kier molecular flexibility index (Phi) is 6.83. The van der Waals surface area contributed by atoms with Gasteiger partial charge in [0.1, 0.15) is 0 Å². The van der Waals surface area contributed by atoms with E-state index in [9.17, 15) is 4.79 Å². The maximum atomic E-state index is 12.3. The number of nitrogens with one attached hydrogen (secondary N) is 3. The predicted octanol–water partition coefficient (Wildman–Crippen LogP) is 2.38. The van der Waals surface area contributed by atoms with Crippen molar-refractivity contribution in [2.45, 2.75) is 39.4 Å². The second kappa shape index (κ2) is 9.08. The van der Waals surface area contributed by atoms with Gasteiger partial charge in [-0.1, -0.05) is 12.1 Å². The number of amides is 1. The summed E-state index contributed by atoms with van der Waals surface area (Å²) in [5, 5.41) is 9.55. The van der Waals surface area contributed by atoms with E-state index in [-0.39, 0.29) is 11.4 Å². The zero-order chi connectivity index (χ0) is 19.0. The topological polar surface area (TPSA) is 70.5 Å². The van der Waals surface area contributed by atoms with Gasteiger partial charge in [0.2, 0.25) is 0 Å². The van der Waals surface area contributed by atoms with Gasteiger partial charge < -0.3 is 20.5 Å². The van der Waals surface area contributed by atoms with Crippen LogP contribution in [0, 0.1) is 0 Å². The fourth-order valence-corrected chi connectivity index (χ4v) is 2.46. The van der Waals surface area contributed by atoms with Gasteiger partial charge >= 0.3 is 0 Å². The normalized spacial score (nSPS) is 11.9. The van der Waals surface area contributed by atoms with Crippen LogP contribution in [0.25, 0.3) is 0 Å². The van der Waals surface area contributed by atoms with Gasteiger partial charge in [0, 0.05) is 50.2 Å². The molecule has 1 amide bonds. The van der Waals surface area contributed by atoms with Crippen molar-refractivity contribution in [2.24, 2.45) is 4.99 Å². The minimum Gasteiger partial charge on any atom is -0.355 e. The highest BCUT2D eigenvalue weighted by Gasteiger charge is 2.15. The van der Waals surface area contributed by atoms with E-state index >= 15 is 0 Å². The molecule has 0 atom stereocenters. The van der Waals surface area contributed by atoms with Crippen LogP contribution in [0.15, 0.2) is 53.8 Å². The third-order valence-electron chi connectivity index (χ3n) is 3.69. The third kappa shape index (κ3) is 6.63. The van der Waals surface area contributed by atoms with E-state index in [2.05, 4.69) is 25.5 Å². The van der Waals surface area contributed by atoms with Crippen LogP contribution in [0.2, 0.25) is 0 Å². The molecular formula is C20H29N5O. The first-order chi connectivity index (χ1) is 12.4. The summed E-state index contributed by atoms with van der Waals surface area (Å²) in [7, 11) is 1.75. The molecule has 0 aliphatic carbocycles. The van der Waals surface area contributed by atoms with Gasteiger partial charge in [-0.2, -0.15) is 0 Å². The van der Waals surface area contributed by atoms with Gasteiger partial charge in [-0.3, -0.25) is 9.79 Å². The summed E-state index contributed by atoms with van der Waals surface area (Å²) in [6, 6.07) is 11.6. The molecule has 0 radical (unpaired) electrons. The molecule has 1 heterocycles. The highest BCUT2D eigenvalue weighted by atomic mass is 16.1. The Balaban J connectivity index is 1.85. The lowest BCUT2D eigenvalue weighted by Crippen LogP contribution is -2.40. The van der Waals surface area contributed by atoms with E-state index in [0.717, 1.165) is 24.6 Å². The van der Waals surface area contributed by atoms with Crippen molar-refractivity contribution in [1.29, 1.82) is 0 Å². The number of carbonyl (C=O) groups is 1. The SMILES string of the molecule is CN=C(NCCn1cccc1)NCc1cccc(C(=O)NC(C)(C)C)c1. The number of hydrogen-bond donors (Lipinski definition) is 3. The molecule has 2 rings (SSSR count). The number of nitrogens with zero attached hydrogens (tertiary/aromatic N) is 2. The zero-order valence-electron chi connectivity index (χ0n) is 16.0. The fourth-order valence-electron chi connectivity index (χ4n) is 2.46. The van der Waals surface area contributed by atoms with Gasteiger partial charge in [-0.25, -0.2) is 0 Å². The minimum atomic E-state index is -0.253. The number of carbonyl (C=O) groups excluding carboxylic acids is 1. The number of aliphatic imine (C=N–C) groups is 1. The molecule has 1 aromatic carbocycles. The summed E-state index contributed by atoms with van der Waals surface area (Å²) < 4.78 is 2.11. The number of guanidine groups is 1. The standard InChI is InChI=1S/C20H29N5O/c1-20(2,3)24-18(26)17-9-7-8-16(14-17)15-23-19(21-4)22-10-13-25-11-5-6-12-25/h5-9,11-12,14H,10,13,15H2,1-4H3,(H,24,26)(H2,21,22,23). The Morgan fingerprint density at radius 2 is 1.85 bits per heavy atom. The summed E-state index contributed by atoms with van der Waals surface area (Å²) in [5.74, 6) is 0.676. The quantitative estimate of drug-likeness (QED) is 0.550. The lowest BCUT2D eigenvalue weighted by molar-refractivity contribution is 0.0919. The highest BCUT2D eigenvalue weighted by Crippen LogP contribution is 2.08. The summed E-state index contributed by atoms with van der Waals surface area (Å²) in [4.78, 5) is 16.5. The Hall–Kier alpha value is -2.76. The fraction of sp³-hybridized carbons (Fsp3) is 0.400. The molecule has 1 aromatic heterocycles. The number of aromatic nitrogens is 1. The first-order valence-electron chi connectivity index (χ1n) is 8.84. The maximum absolute atomic E-state index is 12.3. The molecule has 0 aliphatic rings. The van der Waals surface area contributed by atoms with Crippen LogP contribution in [0.3, 0.4) is 0 Å². The third-order valence-corrected chi connectivity index (χ3v) is 3.69. The molecule has 0 saturated heterocycles. The maximum Gasteiger partial charge on any atom is 0.251 e. The van der Waals surface area contributed by atoms with Crippen molar-refractivity contribution < 1.29 is 4.79 Å². The van der Waals surface area contributed by atoms with Crippen LogP contribution in [0.1, 0.15) is 36.7 Å². The predicted molar refractivity (Wildman–Crippen MR) is 106 cm³/mol. The number of rotatable bonds is 6. The Bertz CT molecular complexity index is 729. The Morgan fingerprint density at radius 1 is 1.12 bits per heavy atom. The van der Waals surface area contributed by atoms with Crippen LogP contribution in [0.5, 0.6) is 0 Å². The monoisotopic (exact) mass is 355 g/mol. The van der Waals surface area contributed by atoms with E-state index in [1.807, 2.05) is 69.6 Å². The van der Waals surface area contributed by atoms with E-state index in [1.165, 1.54) is 0 Å². The number of benzene rings is 1. The molecule has 6 heteroatoms. The molecule has 0 bridgehead atoms. The largest absolute Gasteiger partial charge is 0.355 e. The molecule has 0 fully saturated rings. The summed E-state index contributed by atoms with van der Waals surface area (Å²) >= 11 is 0. The smallest absolute Gasteiger partial charge is 0.251 e. The summed E-state index contributed by atoms with van der Waals surface area (Å²) in [6.45, 7) is 8.16. The van der Waals surface area contributed by atoms with E-state index in [0.29, 0.717) is 12.1 Å². The van der Waals surface area contributed by atoms with Gasteiger partial charge in [-0.15, -0.1) is 0 Å². The van der Waals surface area contributed by atoms with Gasteiger partial charge in [0.15, 0.2) is 5.96 Å². The van der Waals surface area contributed by atoms with Crippen molar-refractivity contribution >= 4 is 11.9 Å². The molecule has 0 saturated carbocycles. The van der Waals surface area contributed by atoms with Crippen molar-refractivity contribution in [3.63, 3.8) is 0 Å². The van der Waals surface area contributed by atoms with Crippen LogP contribution in [0.4, 0.5) is 0 Å². The average molecular weight is 355 g/mol. The van der Waals surface area contributed by atoms with Crippen LogP contribution < -0.4 is 16.0 Å². The van der Waals surface area contributed by atoms with E-state index < -0.39 is 0 Å². The Morgan fingerprint density at radius 3 is 2.50 bits per heavy atom. The zero-order valence-corrected chi connectivity index (χ0v) is 16.0. The first kappa shape index (κ1) is 19.6. The molecular weight excluding hydrogens is 326 g/mol. The molecule has 2 aromatic rings. The first-order valence-corrected chi connectivity index (χ1v) is 8.84. The van der Waals surface area contributed by atoms with Gasteiger partial charge in [0.05, 0.1) is 0 Å². The van der Waals surface area contributed by atoms with Gasteiger partial charge in [0.25, 0.3) is 5.91 Å². The molecule has 0 spiro atoms. The second-order valence-electron chi connectivity index (χ2n) is 7.18. The van der Waals surface area contributed by atoms with Crippen LogP contribution in [-0.4, -0.2) is 35.6 Å². The molecule has 0 unspecified atom stereocenters. The van der Waals surface area contributed by atoms with Crippen LogP contribution >= 0.6 is 0 Å².